The topological polar surface area (TPSA) is 61.9 Å². The summed E-state index contributed by atoms with van der Waals surface area (Å²) in [7, 11) is 0. The molecule has 1 unspecified atom stereocenters. The van der Waals surface area contributed by atoms with Gasteiger partial charge in [-0.1, -0.05) is 24.3 Å². The van der Waals surface area contributed by atoms with E-state index in [-0.39, 0.29) is 23.9 Å². The molecule has 2 heterocycles. The van der Waals surface area contributed by atoms with Crippen LogP contribution in [0.15, 0.2) is 24.3 Å². The number of carbonyl (C=O) groups is 2. The summed E-state index contributed by atoms with van der Waals surface area (Å²) in [5.41, 5.74) is 2.70. The third-order valence-corrected chi connectivity index (χ3v) is 6.11. The lowest BCUT2D eigenvalue weighted by Gasteiger charge is -2.37. The predicted molar refractivity (Wildman–Crippen MR) is 102 cm³/mol. The van der Waals surface area contributed by atoms with Crippen LogP contribution in [-0.4, -0.2) is 67.2 Å². The summed E-state index contributed by atoms with van der Waals surface area (Å²) in [4.78, 5) is 29.1. The van der Waals surface area contributed by atoms with Crippen molar-refractivity contribution in [2.75, 3.05) is 39.4 Å². The van der Waals surface area contributed by atoms with Gasteiger partial charge in [0.1, 0.15) is 0 Å². The zero-order chi connectivity index (χ0) is 18.6. The molecule has 1 aromatic rings. The normalized spacial score (nSPS) is 23.6. The summed E-state index contributed by atoms with van der Waals surface area (Å²) in [6.07, 6.45) is 4.44. The Balaban J connectivity index is 1.24. The van der Waals surface area contributed by atoms with Gasteiger partial charge in [0.2, 0.25) is 5.91 Å². The van der Waals surface area contributed by atoms with Gasteiger partial charge >= 0.3 is 6.03 Å². The molecule has 1 atom stereocenters. The zero-order valence-electron chi connectivity index (χ0n) is 15.9. The van der Waals surface area contributed by atoms with E-state index in [2.05, 4.69) is 29.6 Å². The number of hydrogen-bond donors (Lipinski definition) is 1. The average Bonchev–Trinajstić information content (AvgIpc) is 2.74. The van der Waals surface area contributed by atoms with Crippen LogP contribution >= 0.6 is 0 Å². The lowest BCUT2D eigenvalue weighted by atomic mass is 9.83. The number of benzene rings is 1. The number of urea groups is 1. The quantitative estimate of drug-likeness (QED) is 0.863. The van der Waals surface area contributed by atoms with Gasteiger partial charge in [-0.25, -0.2) is 4.79 Å². The molecule has 1 N–H and O–H groups in total. The number of nitrogens with one attached hydrogen (secondary N) is 1. The van der Waals surface area contributed by atoms with Gasteiger partial charge in [-0.05, 0) is 43.2 Å². The highest BCUT2D eigenvalue weighted by molar-refractivity contribution is 5.80. The second-order valence-electron chi connectivity index (χ2n) is 7.86. The van der Waals surface area contributed by atoms with E-state index in [1.54, 1.807) is 0 Å². The fourth-order valence-electron chi connectivity index (χ4n) is 4.41. The van der Waals surface area contributed by atoms with Gasteiger partial charge in [0.05, 0.1) is 13.2 Å². The Morgan fingerprint density at radius 3 is 2.33 bits per heavy atom. The number of nitrogens with zero attached hydrogens (tertiary/aromatic N) is 2. The number of amides is 3. The van der Waals surface area contributed by atoms with Crippen molar-refractivity contribution in [3.05, 3.63) is 35.4 Å². The summed E-state index contributed by atoms with van der Waals surface area (Å²) in [6.45, 7) is 4.05. The molecule has 4 rings (SSSR count). The van der Waals surface area contributed by atoms with Crippen LogP contribution in [0.1, 0.15) is 30.4 Å². The molecule has 27 heavy (non-hydrogen) atoms. The van der Waals surface area contributed by atoms with E-state index in [0.29, 0.717) is 39.4 Å². The molecule has 0 aromatic heterocycles. The van der Waals surface area contributed by atoms with Gasteiger partial charge in [-0.3, -0.25) is 4.79 Å². The highest BCUT2D eigenvalue weighted by atomic mass is 16.5. The number of carbonyl (C=O) groups excluding carboxylic acids is 2. The van der Waals surface area contributed by atoms with Crippen molar-refractivity contribution >= 4 is 11.9 Å². The van der Waals surface area contributed by atoms with E-state index in [1.807, 2.05) is 9.80 Å². The standard InChI is InChI=1S/C21H29N3O3/c25-20(18-6-5-16-3-1-2-4-17(16)15-18)22-19-7-9-23(10-8-19)21(26)24-11-13-27-14-12-24/h1-4,18-19H,5-15H2,(H,22,25). The Morgan fingerprint density at radius 1 is 0.926 bits per heavy atom. The average molecular weight is 371 g/mol. The van der Waals surface area contributed by atoms with Crippen molar-refractivity contribution in [3.8, 4) is 0 Å². The molecule has 6 nitrogen and oxygen atoms in total. The largest absolute Gasteiger partial charge is 0.378 e. The van der Waals surface area contributed by atoms with Crippen molar-refractivity contribution in [2.45, 2.75) is 38.1 Å². The fraction of sp³-hybridized carbons (Fsp3) is 0.619. The Labute approximate surface area is 160 Å². The molecule has 3 aliphatic rings. The number of piperidine rings is 1. The maximum absolute atomic E-state index is 12.7. The summed E-state index contributed by atoms with van der Waals surface area (Å²) in [6, 6.07) is 8.75. The van der Waals surface area contributed by atoms with Gasteiger partial charge in [0.15, 0.2) is 0 Å². The molecule has 0 saturated carbocycles. The number of aryl methyl sites for hydroxylation is 1. The Bertz CT molecular complexity index is 679. The second kappa shape index (κ2) is 8.30. The van der Waals surface area contributed by atoms with Crippen LogP contribution in [-0.2, 0) is 22.4 Å². The molecule has 1 aliphatic carbocycles. The number of morpholine rings is 1. The third-order valence-electron chi connectivity index (χ3n) is 6.11. The van der Waals surface area contributed by atoms with Crippen molar-refractivity contribution in [1.82, 2.24) is 15.1 Å². The SMILES string of the molecule is O=C(NC1CCN(C(=O)N2CCOCC2)CC1)C1CCc2ccccc2C1. The molecule has 0 radical (unpaired) electrons. The Kier molecular flexibility index (Phi) is 5.62. The highest BCUT2D eigenvalue weighted by Gasteiger charge is 2.30. The van der Waals surface area contributed by atoms with E-state index in [0.717, 1.165) is 32.1 Å². The minimum Gasteiger partial charge on any atom is -0.378 e. The second-order valence-corrected chi connectivity index (χ2v) is 7.86. The van der Waals surface area contributed by atoms with Crippen molar-refractivity contribution in [2.24, 2.45) is 5.92 Å². The Hall–Kier alpha value is -2.08. The molecule has 0 bridgehead atoms. The number of hydrogen-bond acceptors (Lipinski definition) is 3. The maximum atomic E-state index is 12.7. The molecular formula is C21H29N3O3. The first-order valence-corrected chi connectivity index (χ1v) is 10.2. The molecule has 146 valence electrons. The van der Waals surface area contributed by atoms with Gasteiger partial charge in [-0.2, -0.15) is 0 Å². The summed E-state index contributed by atoms with van der Waals surface area (Å²) >= 11 is 0. The van der Waals surface area contributed by atoms with E-state index in [9.17, 15) is 9.59 Å². The van der Waals surface area contributed by atoms with Crippen LogP contribution < -0.4 is 5.32 Å². The molecular weight excluding hydrogens is 342 g/mol. The van der Waals surface area contributed by atoms with Crippen molar-refractivity contribution < 1.29 is 14.3 Å². The first-order valence-electron chi connectivity index (χ1n) is 10.2. The lowest BCUT2D eigenvalue weighted by molar-refractivity contribution is -0.126. The van der Waals surface area contributed by atoms with E-state index < -0.39 is 0 Å². The molecule has 2 fully saturated rings. The number of likely N-dealkylation sites (tertiary alicyclic amines) is 1. The van der Waals surface area contributed by atoms with E-state index >= 15 is 0 Å². The van der Waals surface area contributed by atoms with E-state index in [1.165, 1.54) is 11.1 Å². The molecule has 3 amide bonds. The van der Waals surface area contributed by atoms with Crippen molar-refractivity contribution in [1.29, 1.82) is 0 Å². The summed E-state index contributed by atoms with van der Waals surface area (Å²) < 4.78 is 5.32. The lowest BCUT2D eigenvalue weighted by Crippen LogP contribution is -2.53. The highest BCUT2D eigenvalue weighted by Crippen LogP contribution is 2.26. The minimum atomic E-state index is 0.0768. The summed E-state index contributed by atoms with van der Waals surface area (Å²) in [5.74, 6) is 0.260. The number of ether oxygens (including phenoxy) is 1. The van der Waals surface area contributed by atoms with Crippen molar-refractivity contribution in [3.63, 3.8) is 0 Å². The maximum Gasteiger partial charge on any atom is 0.320 e. The van der Waals surface area contributed by atoms with Crippen LogP contribution in [0.5, 0.6) is 0 Å². The first kappa shape index (κ1) is 18.3. The predicted octanol–water partition coefficient (Wildman–Crippen LogP) is 1.82. The molecule has 6 heteroatoms. The van der Waals surface area contributed by atoms with Crippen LogP contribution in [0.2, 0.25) is 0 Å². The van der Waals surface area contributed by atoms with Gasteiger partial charge in [-0.15, -0.1) is 0 Å². The van der Waals surface area contributed by atoms with Crippen LogP contribution in [0.4, 0.5) is 4.79 Å². The first-order chi connectivity index (χ1) is 13.2. The summed E-state index contributed by atoms with van der Waals surface area (Å²) in [5, 5.41) is 3.25. The van der Waals surface area contributed by atoms with Gasteiger partial charge in [0.25, 0.3) is 0 Å². The number of rotatable bonds is 2. The third kappa shape index (κ3) is 4.26. The zero-order valence-corrected chi connectivity index (χ0v) is 15.9. The smallest absolute Gasteiger partial charge is 0.320 e. The molecule has 1 aromatic carbocycles. The van der Waals surface area contributed by atoms with Gasteiger partial charge in [0, 0.05) is 38.1 Å². The van der Waals surface area contributed by atoms with Crippen LogP contribution in [0.3, 0.4) is 0 Å². The van der Waals surface area contributed by atoms with Gasteiger partial charge < -0.3 is 19.9 Å². The van der Waals surface area contributed by atoms with Crippen LogP contribution in [0, 0.1) is 5.92 Å². The fourth-order valence-corrected chi connectivity index (χ4v) is 4.41. The minimum absolute atomic E-state index is 0.0768. The number of fused-ring (bicyclic) bond motifs is 1. The van der Waals surface area contributed by atoms with E-state index in [4.69, 9.17) is 4.74 Å². The van der Waals surface area contributed by atoms with Crippen LogP contribution in [0.25, 0.3) is 0 Å². The molecule has 0 spiro atoms. The Morgan fingerprint density at radius 2 is 1.59 bits per heavy atom. The monoisotopic (exact) mass is 371 g/mol. The molecule has 2 saturated heterocycles. The molecule has 2 aliphatic heterocycles.